The fourth-order valence-corrected chi connectivity index (χ4v) is 3.55. The number of hydrogen-bond donors (Lipinski definition) is 2. The molecule has 1 aromatic heterocycles. The number of nitrogens with one attached hydrogen (secondary N) is 2. The number of fused-ring (bicyclic) bond motifs is 1. The lowest BCUT2D eigenvalue weighted by molar-refractivity contribution is -0.122. The highest BCUT2D eigenvalue weighted by molar-refractivity contribution is 5.97. The van der Waals surface area contributed by atoms with Crippen LogP contribution in [-0.4, -0.2) is 32.6 Å². The van der Waals surface area contributed by atoms with Crippen molar-refractivity contribution in [2.75, 3.05) is 5.32 Å². The highest BCUT2D eigenvalue weighted by Gasteiger charge is 2.21. The lowest BCUT2D eigenvalue weighted by Crippen LogP contribution is -2.32. The zero-order valence-electron chi connectivity index (χ0n) is 15.8. The van der Waals surface area contributed by atoms with Crippen LogP contribution in [0.1, 0.15) is 37.3 Å². The van der Waals surface area contributed by atoms with E-state index in [1.165, 1.54) is 24.0 Å². The predicted octanol–water partition coefficient (Wildman–Crippen LogP) is 3.54. The third-order valence-corrected chi connectivity index (χ3v) is 5.03. The van der Waals surface area contributed by atoms with Gasteiger partial charge in [0, 0.05) is 5.56 Å². The molecule has 3 aromatic rings. The van der Waals surface area contributed by atoms with Gasteiger partial charge in [-0.15, -0.1) is 10.2 Å². The van der Waals surface area contributed by atoms with Gasteiger partial charge in [-0.25, -0.2) is 0 Å². The van der Waals surface area contributed by atoms with Crippen molar-refractivity contribution in [2.45, 2.75) is 45.1 Å². The molecule has 1 aliphatic rings. The third-order valence-electron chi connectivity index (χ3n) is 5.03. The summed E-state index contributed by atoms with van der Waals surface area (Å²) in [6.07, 6.45) is 4.63. The fraction of sp³-hybridized carbons (Fsp3) is 0.333. The van der Waals surface area contributed by atoms with Crippen molar-refractivity contribution in [3.8, 4) is 17.1 Å². The molecule has 7 heteroatoms. The van der Waals surface area contributed by atoms with Crippen LogP contribution in [0.4, 0.5) is 5.69 Å². The van der Waals surface area contributed by atoms with E-state index in [0.29, 0.717) is 23.5 Å². The van der Waals surface area contributed by atoms with E-state index in [-0.39, 0.29) is 5.91 Å². The van der Waals surface area contributed by atoms with Gasteiger partial charge in [0.25, 0.3) is 5.91 Å². The van der Waals surface area contributed by atoms with Crippen LogP contribution < -0.4 is 10.1 Å². The number of benzene rings is 2. The standard InChI is InChI=1S/C21H23N5O2/c1-2-19(28-16-12-11-14-7-3-4-8-15(14)13-16)21(27)22-18-10-6-5-9-17(18)20-23-25-26-24-20/h5-6,9-13,19H,2-4,7-8H2,1H3,(H,22,27)(H,23,24,25,26)/t19-/m1/s1. The summed E-state index contributed by atoms with van der Waals surface area (Å²) < 4.78 is 6.03. The molecule has 2 N–H and O–H groups in total. The van der Waals surface area contributed by atoms with E-state index in [1.807, 2.05) is 37.3 Å². The van der Waals surface area contributed by atoms with Crippen LogP contribution in [0.2, 0.25) is 0 Å². The van der Waals surface area contributed by atoms with E-state index >= 15 is 0 Å². The topological polar surface area (TPSA) is 92.8 Å². The zero-order valence-corrected chi connectivity index (χ0v) is 15.8. The number of ether oxygens (including phenoxy) is 1. The van der Waals surface area contributed by atoms with Gasteiger partial charge in [-0.1, -0.05) is 25.1 Å². The second-order valence-corrected chi connectivity index (χ2v) is 6.92. The summed E-state index contributed by atoms with van der Waals surface area (Å²) >= 11 is 0. The molecule has 1 aliphatic carbocycles. The van der Waals surface area contributed by atoms with Crippen molar-refractivity contribution in [1.29, 1.82) is 0 Å². The van der Waals surface area contributed by atoms with Crippen molar-refractivity contribution in [1.82, 2.24) is 20.6 Å². The number of amides is 1. The summed E-state index contributed by atoms with van der Waals surface area (Å²) in [7, 11) is 0. The molecule has 0 saturated carbocycles. The summed E-state index contributed by atoms with van der Waals surface area (Å²) in [5, 5.41) is 17.0. The van der Waals surface area contributed by atoms with E-state index in [9.17, 15) is 4.79 Å². The van der Waals surface area contributed by atoms with Gasteiger partial charge >= 0.3 is 0 Å². The molecule has 144 valence electrons. The number of nitrogens with zero attached hydrogens (tertiary/aromatic N) is 3. The Balaban J connectivity index is 1.50. The second kappa shape index (κ2) is 8.21. The quantitative estimate of drug-likeness (QED) is 0.685. The third kappa shape index (κ3) is 3.88. The van der Waals surface area contributed by atoms with Gasteiger partial charge in [0.2, 0.25) is 5.82 Å². The molecule has 0 spiro atoms. The number of carbonyl (C=O) groups excluding carboxylic acids is 1. The fourth-order valence-electron chi connectivity index (χ4n) is 3.55. The number of aryl methyl sites for hydroxylation is 2. The number of anilines is 1. The van der Waals surface area contributed by atoms with Crippen molar-refractivity contribution in [3.05, 3.63) is 53.6 Å². The van der Waals surface area contributed by atoms with Gasteiger partial charge in [0.15, 0.2) is 6.10 Å². The number of H-pyrrole nitrogens is 1. The minimum absolute atomic E-state index is 0.198. The number of para-hydroxylation sites is 1. The molecular formula is C21H23N5O2. The van der Waals surface area contributed by atoms with Crippen LogP contribution in [0.3, 0.4) is 0 Å². The molecule has 0 saturated heterocycles. The van der Waals surface area contributed by atoms with Crippen LogP contribution in [-0.2, 0) is 17.6 Å². The van der Waals surface area contributed by atoms with Gasteiger partial charge in [-0.05, 0) is 72.7 Å². The number of carbonyl (C=O) groups is 1. The predicted molar refractivity (Wildman–Crippen MR) is 106 cm³/mol. The molecule has 0 radical (unpaired) electrons. The second-order valence-electron chi connectivity index (χ2n) is 6.92. The van der Waals surface area contributed by atoms with Gasteiger partial charge < -0.3 is 10.1 Å². The number of rotatable bonds is 6. The summed E-state index contributed by atoms with van der Waals surface area (Å²) in [4.78, 5) is 12.9. The minimum atomic E-state index is -0.583. The lowest BCUT2D eigenvalue weighted by atomic mass is 9.92. The summed E-state index contributed by atoms with van der Waals surface area (Å²) in [5.41, 5.74) is 4.06. The van der Waals surface area contributed by atoms with Crippen LogP contribution >= 0.6 is 0 Å². The molecular weight excluding hydrogens is 354 g/mol. The maximum atomic E-state index is 12.9. The van der Waals surface area contributed by atoms with E-state index < -0.39 is 6.10 Å². The largest absolute Gasteiger partial charge is 0.481 e. The monoisotopic (exact) mass is 377 g/mol. The van der Waals surface area contributed by atoms with Gasteiger partial charge in [-0.2, -0.15) is 5.21 Å². The Morgan fingerprint density at radius 1 is 1.18 bits per heavy atom. The SMILES string of the molecule is CC[C@@H](Oc1ccc2c(c1)CCCC2)C(=O)Nc1ccccc1-c1nn[nH]n1. The molecule has 0 fully saturated rings. The zero-order chi connectivity index (χ0) is 19.3. The van der Waals surface area contributed by atoms with Gasteiger partial charge in [0.05, 0.1) is 5.69 Å². The maximum absolute atomic E-state index is 12.9. The molecule has 2 aromatic carbocycles. The van der Waals surface area contributed by atoms with Crippen LogP contribution in [0.5, 0.6) is 5.75 Å². The molecule has 1 atom stereocenters. The van der Waals surface area contributed by atoms with Crippen molar-refractivity contribution in [2.24, 2.45) is 0 Å². The molecule has 4 rings (SSSR count). The molecule has 7 nitrogen and oxygen atoms in total. The van der Waals surface area contributed by atoms with Crippen LogP contribution in [0.15, 0.2) is 42.5 Å². The number of aromatic amines is 1. The Hall–Kier alpha value is -3.22. The highest BCUT2D eigenvalue weighted by atomic mass is 16.5. The van der Waals surface area contributed by atoms with E-state index in [2.05, 4.69) is 38.1 Å². The number of tetrazole rings is 1. The smallest absolute Gasteiger partial charge is 0.265 e. The van der Waals surface area contributed by atoms with Gasteiger partial charge in [-0.3, -0.25) is 4.79 Å². The Morgan fingerprint density at radius 2 is 2.00 bits per heavy atom. The first kappa shape index (κ1) is 18.2. The highest BCUT2D eigenvalue weighted by Crippen LogP contribution is 2.27. The van der Waals surface area contributed by atoms with E-state index in [0.717, 1.165) is 18.6 Å². The normalized spacial score (nSPS) is 14.2. The molecule has 1 heterocycles. The number of hydrogen-bond acceptors (Lipinski definition) is 5. The first-order valence-corrected chi connectivity index (χ1v) is 9.66. The molecule has 0 aliphatic heterocycles. The molecule has 1 amide bonds. The van der Waals surface area contributed by atoms with Gasteiger partial charge in [0.1, 0.15) is 5.75 Å². The van der Waals surface area contributed by atoms with Crippen LogP contribution in [0, 0.1) is 0 Å². The number of aromatic nitrogens is 4. The summed E-state index contributed by atoms with van der Waals surface area (Å²) in [6, 6.07) is 13.5. The summed E-state index contributed by atoms with van der Waals surface area (Å²) in [6.45, 7) is 1.94. The maximum Gasteiger partial charge on any atom is 0.265 e. The Kier molecular flexibility index (Phi) is 5.32. The Labute approximate surface area is 163 Å². The van der Waals surface area contributed by atoms with Crippen LogP contribution in [0.25, 0.3) is 11.4 Å². The van der Waals surface area contributed by atoms with E-state index in [1.54, 1.807) is 0 Å². The van der Waals surface area contributed by atoms with Crippen molar-refractivity contribution < 1.29 is 9.53 Å². The van der Waals surface area contributed by atoms with Crippen molar-refractivity contribution in [3.63, 3.8) is 0 Å². The average molecular weight is 377 g/mol. The first-order chi connectivity index (χ1) is 13.7. The lowest BCUT2D eigenvalue weighted by Gasteiger charge is -2.21. The minimum Gasteiger partial charge on any atom is -0.481 e. The molecule has 0 bridgehead atoms. The average Bonchev–Trinajstić information content (AvgIpc) is 3.27. The van der Waals surface area contributed by atoms with Crippen molar-refractivity contribution >= 4 is 11.6 Å². The Morgan fingerprint density at radius 3 is 2.79 bits per heavy atom. The van der Waals surface area contributed by atoms with E-state index in [4.69, 9.17) is 4.74 Å². The molecule has 0 unspecified atom stereocenters. The Bertz CT molecular complexity index is 955. The first-order valence-electron chi connectivity index (χ1n) is 9.66. The summed E-state index contributed by atoms with van der Waals surface area (Å²) in [5.74, 6) is 0.977. The molecule has 28 heavy (non-hydrogen) atoms.